The van der Waals surface area contributed by atoms with Crippen molar-refractivity contribution < 1.29 is 4.79 Å². The molecule has 0 radical (unpaired) electrons. The number of aromatic nitrogens is 2. The van der Waals surface area contributed by atoms with Crippen LogP contribution in [0.3, 0.4) is 0 Å². The lowest BCUT2D eigenvalue weighted by atomic mass is 10.3. The van der Waals surface area contributed by atoms with Gasteiger partial charge in [0.1, 0.15) is 0 Å². The summed E-state index contributed by atoms with van der Waals surface area (Å²) in [6, 6.07) is 2.58. The number of hydrogen-bond acceptors (Lipinski definition) is 3. The highest BCUT2D eigenvalue weighted by atomic mass is 16.2. The first-order chi connectivity index (χ1) is 11.6. The van der Waals surface area contributed by atoms with Gasteiger partial charge >= 0.3 is 0 Å². The number of hydrogen-bond donors (Lipinski definition) is 2. The Labute approximate surface area is 144 Å². The van der Waals surface area contributed by atoms with Crippen LogP contribution in [-0.4, -0.2) is 53.7 Å². The van der Waals surface area contributed by atoms with Gasteiger partial charge in [0, 0.05) is 26.8 Å². The Morgan fingerprint density at radius 1 is 1.38 bits per heavy atom. The zero-order valence-electron chi connectivity index (χ0n) is 15.1. The molecule has 7 nitrogen and oxygen atoms in total. The van der Waals surface area contributed by atoms with Gasteiger partial charge < -0.3 is 15.5 Å². The lowest BCUT2D eigenvalue weighted by Gasteiger charge is -2.14. The Morgan fingerprint density at radius 2 is 2.12 bits per heavy atom. The minimum atomic E-state index is 0.0199. The number of nitrogens with one attached hydrogen (secondary N) is 2. The van der Waals surface area contributed by atoms with E-state index in [1.54, 1.807) is 19.0 Å². The van der Waals surface area contributed by atoms with Crippen LogP contribution in [0.5, 0.6) is 0 Å². The molecule has 0 atom stereocenters. The average molecular weight is 334 g/mol. The van der Waals surface area contributed by atoms with Crippen LogP contribution in [0.4, 0.5) is 0 Å². The molecular weight excluding hydrogens is 304 g/mol. The van der Waals surface area contributed by atoms with Gasteiger partial charge in [0.05, 0.1) is 24.8 Å². The number of carbonyl (C=O) groups excluding carboxylic acids is 1. The summed E-state index contributed by atoms with van der Waals surface area (Å²) in [4.78, 5) is 17.8. The third-order valence-corrected chi connectivity index (χ3v) is 4.21. The van der Waals surface area contributed by atoms with Crippen molar-refractivity contribution in [3.63, 3.8) is 0 Å². The minimum absolute atomic E-state index is 0.0199. The highest BCUT2D eigenvalue weighted by molar-refractivity contribution is 5.86. The van der Waals surface area contributed by atoms with Gasteiger partial charge in [-0.3, -0.25) is 9.48 Å². The largest absolute Gasteiger partial charge is 0.356 e. The molecule has 0 aliphatic heterocycles. The fraction of sp³-hybridized carbons (Fsp3) is 0.706. The summed E-state index contributed by atoms with van der Waals surface area (Å²) in [7, 11) is 3.49. The van der Waals surface area contributed by atoms with Crippen molar-refractivity contribution >= 4 is 11.9 Å². The van der Waals surface area contributed by atoms with Crippen LogP contribution in [-0.2, 0) is 11.3 Å². The van der Waals surface area contributed by atoms with Crippen molar-refractivity contribution in [2.75, 3.05) is 27.2 Å². The summed E-state index contributed by atoms with van der Waals surface area (Å²) >= 11 is 0. The monoisotopic (exact) mass is 334 g/mol. The Balaban J connectivity index is 1.91. The molecule has 7 heteroatoms. The van der Waals surface area contributed by atoms with E-state index < -0.39 is 0 Å². The van der Waals surface area contributed by atoms with Gasteiger partial charge in [0.15, 0.2) is 5.96 Å². The molecule has 0 unspecified atom stereocenters. The van der Waals surface area contributed by atoms with Crippen molar-refractivity contribution in [2.24, 2.45) is 4.99 Å². The standard InChI is InChI=1S/C17H30N6O/c1-4-10-18-17(20-13-16(24)22(2)3)19-12-14-9-11-23(21-14)15-7-5-6-8-15/h9,11,15H,4-8,10,12-13H2,1-3H3,(H2,18,19,20). The molecule has 1 aromatic heterocycles. The van der Waals surface area contributed by atoms with Crippen LogP contribution < -0.4 is 10.6 Å². The summed E-state index contributed by atoms with van der Waals surface area (Å²) < 4.78 is 2.08. The SMILES string of the molecule is CCCNC(=NCc1ccn(C2CCCC2)n1)NCC(=O)N(C)C. The summed E-state index contributed by atoms with van der Waals surface area (Å²) in [6.45, 7) is 3.66. The molecule has 1 aliphatic rings. The Bertz CT molecular complexity index is 545. The van der Waals surface area contributed by atoms with Crippen LogP contribution in [0, 0.1) is 0 Å². The topological polar surface area (TPSA) is 74.5 Å². The van der Waals surface area contributed by atoms with E-state index in [9.17, 15) is 4.79 Å². The van der Waals surface area contributed by atoms with Crippen molar-refractivity contribution in [1.29, 1.82) is 0 Å². The molecule has 2 N–H and O–H groups in total. The van der Waals surface area contributed by atoms with Crippen LogP contribution in [0.1, 0.15) is 50.8 Å². The zero-order valence-corrected chi connectivity index (χ0v) is 15.1. The molecule has 0 saturated heterocycles. The summed E-state index contributed by atoms with van der Waals surface area (Å²) in [5.41, 5.74) is 0.957. The number of guanidine groups is 1. The Kier molecular flexibility index (Phi) is 7.08. The van der Waals surface area contributed by atoms with E-state index >= 15 is 0 Å². The average Bonchev–Trinajstić information content (AvgIpc) is 3.24. The van der Waals surface area contributed by atoms with Gasteiger partial charge in [-0.25, -0.2) is 4.99 Å². The third-order valence-electron chi connectivity index (χ3n) is 4.21. The molecule has 1 heterocycles. The van der Waals surface area contributed by atoms with Gasteiger partial charge in [0.25, 0.3) is 0 Å². The molecule has 0 bridgehead atoms. The molecule has 1 saturated carbocycles. The molecule has 1 amide bonds. The van der Waals surface area contributed by atoms with E-state index in [0.29, 0.717) is 18.5 Å². The first kappa shape index (κ1) is 18.3. The quantitative estimate of drug-likeness (QED) is 0.586. The summed E-state index contributed by atoms with van der Waals surface area (Å²) in [6.07, 6.45) is 8.10. The molecule has 24 heavy (non-hydrogen) atoms. The fourth-order valence-electron chi connectivity index (χ4n) is 2.73. The van der Waals surface area contributed by atoms with Gasteiger partial charge in [-0.05, 0) is 25.3 Å². The maximum absolute atomic E-state index is 11.7. The number of carbonyl (C=O) groups is 1. The first-order valence-corrected chi connectivity index (χ1v) is 8.86. The van der Waals surface area contributed by atoms with Crippen molar-refractivity contribution in [1.82, 2.24) is 25.3 Å². The Hall–Kier alpha value is -2.05. The molecule has 0 aromatic carbocycles. The molecule has 2 rings (SSSR count). The molecule has 0 spiro atoms. The highest BCUT2D eigenvalue weighted by Crippen LogP contribution is 2.28. The lowest BCUT2D eigenvalue weighted by Crippen LogP contribution is -2.43. The van der Waals surface area contributed by atoms with E-state index in [1.165, 1.54) is 25.7 Å². The minimum Gasteiger partial charge on any atom is -0.356 e. The number of amides is 1. The smallest absolute Gasteiger partial charge is 0.241 e. The number of nitrogens with zero attached hydrogens (tertiary/aromatic N) is 4. The van der Waals surface area contributed by atoms with Crippen molar-refractivity contribution in [2.45, 2.75) is 51.6 Å². The molecule has 1 fully saturated rings. The molecule has 1 aromatic rings. The number of aliphatic imine (C=N–C) groups is 1. The molecule has 1 aliphatic carbocycles. The Morgan fingerprint density at radius 3 is 2.79 bits per heavy atom. The predicted molar refractivity (Wildman–Crippen MR) is 95.9 cm³/mol. The molecule has 134 valence electrons. The molecular formula is C17H30N6O. The normalized spacial score (nSPS) is 15.5. The predicted octanol–water partition coefficient (Wildman–Crippen LogP) is 1.53. The van der Waals surface area contributed by atoms with Crippen molar-refractivity contribution in [3.05, 3.63) is 18.0 Å². The first-order valence-electron chi connectivity index (χ1n) is 8.86. The second-order valence-electron chi connectivity index (χ2n) is 6.46. The maximum Gasteiger partial charge on any atom is 0.241 e. The van der Waals surface area contributed by atoms with E-state index in [2.05, 4.69) is 38.5 Å². The highest BCUT2D eigenvalue weighted by Gasteiger charge is 2.17. The third kappa shape index (κ3) is 5.54. The number of likely N-dealkylation sites (N-methyl/N-ethyl adjacent to an activating group) is 1. The second kappa shape index (κ2) is 9.30. The zero-order chi connectivity index (χ0) is 17.4. The lowest BCUT2D eigenvalue weighted by molar-refractivity contribution is -0.127. The van der Waals surface area contributed by atoms with Crippen LogP contribution in [0.2, 0.25) is 0 Å². The van der Waals surface area contributed by atoms with Gasteiger partial charge in [-0.1, -0.05) is 19.8 Å². The van der Waals surface area contributed by atoms with Gasteiger partial charge in [0.2, 0.25) is 5.91 Å². The van der Waals surface area contributed by atoms with Gasteiger partial charge in [-0.2, -0.15) is 5.10 Å². The van der Waals surface area contributed by atoms with E-state index in [4.69, 9.17) is 0 Å². The van der Waals surface area contributed by atoms with E-state index in [-0.39, 0.29) is 12.5 Å². The number of rotatable bonds is 7. The van der Waals surface area contributed by atoms with E-state index in [1.807, 2.05) is 6.07 Å². The second-order valence-corrected chi connectivity index (χ2v) is 6.46. The van der Waals surface area contributed by atoms with Crippen LogP contribution >= 0.6 is 0 Å². The fourth-order valence-corrected chi connectivity index (χ4v) is 2.73. The summed E-state index contributed by atoms with van der Waals surface area (Å²) in [5.74, 6) is 0.675. The summed E-state index contributed by atoms with van der Waals surface area (Å²) in [5, 5.41) is 11.0. The van der Waals surface area contributed by atoms with Crippen LogP contribution in [0.15, 0.2) is 17.3 Å². The maximum atomic E-state index is 11.7. The van der Waals surface area contributed by atoms with Crippen molar-refractivity contribution in [3.8, 4) is 0 Å². The van der Waals surface area contributed by atoms with E-state index in [0.717, 1.165) is 18.7 Å². The van der Waals surface area contributed by atoms with Crippen LogP contribution in [0.25, 0.3) is 0 Å². The van der Waals surface area contributed by atoms with Gasteiger partial charge in [-0.15, -0.1) is 0 Å².